The molecule has 1 saturated carbocycles. The monoisotopic (exact) mass is 235 g/mol. The SMILES string of the molecule is COCCCS(=O)(=O)C1CCCCC1N. The van der Waals surface area contributed by atoms with Crippen molar-refractivity contribution in [2.24, 2.45) is 5.73 Å². The van der Waals surface area contributed by atoms with E-state index in [9.17, 15) is 8.42 Å². The number of rotatable bonds is 5. The Balaban J connectivity index is 2.51. The van der Waals surface area contributed by atoms with Gasteiger partial charge < -0.3 is 10.5 Å². The first-order valence-corrected chi connectivity index (χ1v) is 7.25. The van der Waals surface area contributed by atoms with Gasteiger partial charge in [0.2, 0.25) is 0 Å². The van der Waals surface area contributed by atoms with Crippen LogP contribution in [0, 0.1) is 0 Å². The fraction of sp³-hybridized carbons (Fsp3) is 1.00. The number of hydrogen-bond donors (Lipinski definition) is 1. The summed E-state index contributed by atoms with van der Waals surface area (Å²) in [4.78, 5) is 0. The lowest BCUT2D eigenvalue weighted by atomic mass is 9.96. The predicted octanol–water partition coefficient (Wildman–Crippen LogP) is 0.708. The molecule has 0 saturated heterocycles. The summed E-state index contributed by atoms with van der Waals surface area (Å²) >= 11 is 0. The lowest BCUT2D eigenvalue weighted by Gasteiger charge is -2.28. The molecule has 2 N–H and O–H groups in total. The van der Waals surface area contributed by atoms with Crippen LogP contribution in [0.2, 0.25) is 0 Å². The second kappa shape index (κ2) is 5.82. The number of sulfone groups is 1. The minimum Gasteiger partial charge on any atom is -0.385 e. The van der Waals surface area contributed by atoms with Crippen molar-refractivity contribution in [1.29, 1.82) is 0 Å². The topological polar surface area (TPSA) is 69.4 Å². The van der Waals surface area contributed by atoms with Gasteiger partial charge in [-0.2, -0.15) is 0 Å². The molecule has 1 fully saturated rings. The minimum atomic E-state index is -3.01. The van der Waals surface area contributed by atoms with E-state index in [2.05, 4.69) is 0 Å². The number of nitrogens with two attached hydrogens (primary N) is 1. The largest absolute Gasteiger partial charge is 0.385 e. The number of hydrogen-bond acceptors (Lipinski definition) is 4. The Labute approximate surface area is 92.1 Å². The zero-order valence-corrected chi connectivity index (χ0v) is 10.1. The Morgan fingerprint density at radius 1 is 1.33 bits per heavy atom. The summed E-state index contributed by atoms with van der Waals surface area (Å²) in [6.45, 7) is 0.501. The van der Waals surface area contributed by atoms with E-state index in [0.717, 1.165) is 25.7 Å². The van der Waals surface area contributed by atoms with Crippen LogP contribution in [0.3, 0.4) is 0 Å². The molecule has 90 valence electrons. The van der Waals surface area contributed by atoms with E-state index in [0.29, 0.717) is 13.0 Å². The van der Waals surface area contributed by atoms with E-state index in [1.54, 1.807) is 7.11 Å². The van der Waals surface area contributed by atoms with Crippen molar-refractivity contribution in [2.75, 3.05) is 19.5 Å². The molecule has 1 aliphatic rings. The molecule has 2 atom stereocenters. The zero-order chi connectivity index (χ0) is 11.3. The molecule has 0 heterocycles. The van der Waals surface area contributed by atoms with Crippen LogP contribution in [0.25, 0.3) is 0 Å². The maximum Gasteiger partial charge on any atom is 0.154 e. The van der Waals surface area contributed by atoms with Gasteiger partial charge in [0.25, 0.3) is 0 Å². The minimum absolute atomic E-state index is 0.161. The summed E-state index contributed by atoms with van der Waals surface area (Å²) in [7, 11) is -1.43. The number of ether oxygens (including phenoxy) is 1. The molecule has 0 spiro atoms. The molecule has 0 aliphatic heterocycles. The summed E-state index contributed by atoms with van der Waals surface area (Å²) < 4.78 is 28.7. The summed E-state index contributed by atoms with van der Waals surface area (Å²) in [5, 5.41) is -0.317. The average Bonchev–Trinajstić information content (AvgIpc) is 2.18. The highest BCUT2D eigenvalue weighted by Crippen LogP contribution is 2.23. The molecule has 1 aliphatic carbocycles. The molecule has 0 aromatic carbocycles. The predicted molar refractivity (Wildman–Crippen MR) is 60.5 cm³/mol. The fourth-order valence-electron chi connectivity index (χ4n) is 2.13. The molecule has 5 heteroatoms. The molecular weight excluding hydrogens is 214 g/mol. The average molecular weight is 235 g/mol. The van der Waals surface area contributed by atoms with Crippen molar-refractivity contribution in [2.45, 2.75) is 43.4 Å². The van der Waals surface area contributed by atoms with Gasteiger partial charge in [-0.25, -0.2) is 8.42 Å². The lowest BCUT2D eigenvalue weighted by Crippen LogP contribution is -2.43. The lowest BCUT2D eigenvalue weighted by molar-refractivity contribution is 0.199. The van der Waals surface area contributed by atoms with Gasteiger partial charge in [-0.3, -0.25) is 0 Å². The molecule has 0 amide bonds. The fourth-order valence-corrected chi connectivity index (χ4v) is 4.14. The van der Waals surface area contributed by atoms with Crippen LogP contribution in [0.4, 0.5) is 0 Å². The van der Waals surface area contributed by atoms with E-state index < -0.39 is 9.84 Å². The second-order valence-electron chi connectivity index (χ2n) is 4.20. The van der Waals surface area contributed by atoms with Crippen LogP contribution in [-0.4, -0.2) is 39.2 Å². The van der Waals surface area contributed by atoms with Gasteiger partial charge in [-0.1, -0.05) is 12.8 Å². The van der Waals surface area contributed by atoms with E-state index >= 15 is 0 Å². The molecule has 0 aromatic rings. The van der Waals surface area contributed by atoms with Gasteiger partial charge in [-0.15, -0.1) is 0 Å². The Morgan fingerprint density at radius 3 is 2.60 bits per heavy atom. The van der Waals surface area contributed by atoms with Crippen molar-refractivity contribution in [1.82, 2.24) is 0 Å². The molecular formula is C10H21NO3S. The second-order valence-corrected chi connectivity index (χ2v) is 6.54. The molecule has 15 heavy (non-hydrogen) atoms. The summed E-state index contributed by atoms with van der Waals surface area (Å²) in [5.74, 6) is 0.208. The first-order valence-electron chi connectivity index (χ1n) is 5.54. The van der Waals surface area contributed by atoms with Gasteiger partial charge in [-0.05, 0) is 19.3 Å². The highest BCUT2D eigenvalue weighted by atomic mass is 32.2. The summed E-state index contributed by atoms with van der Waals surface area (Å²) in [6.07, 6.45) is 4.19. The molecule has 0 aromatic heterocycles. The highest BCUT2D eigenvalue weighted by molar-refractivity contribution is 7.92. The summed E-state index contributed by atoms with van der Waals surface area (Å²) in [5.41, 5.74) is 5.86. The highest BCUT2D eigenvalue weighted by Gasteiger charge is 2.32. The Bertz CT molecular complexity index is 276. The molecule has 1 rings (SSSR count). The van der Waals surface area contributed by atoms with Crippen molar-refractivity contribution in [3.8, 4) is 0 Å². The van der Waals surface area contributed by atoms with Gasteiger partial charge in [0.05, 0.1) is 11.0 Å². The third-order valence-corrected chi connectivity index (χ3v) is 5.36. The third-order valence-electron chi connectivity index (χ3n) is 2.99. The molecule has 0 bridgehead atoms. The Hall–Kier alpha value is -0.130. The van der Waals surface area contributed by atoms with Gasteiger partial charge >= 0.3 is 0 Å². The van der Waals surface area contributed by atoms with Crippen LogP contribution in [0.5, 0.6) is 0 Å². The molecule has 2 unspecified atom stereocenters. The normalized spacial score (nSPS) is 27.9. The summed E-state index contributed by atoms with van der Waals surface area (Å²) in [6, 6.07) is -0.161. The first kappa shape index (κ1) is 12.9. The van der Waals surface area contributed by atoms with Crippen LogP contribution >= 0.6 is 0 Å². The maximum atomic E-state index is 11.9. The van der Waals surface area contributed by atoms with Gasteiger partial charge in [0, 0.05) is 19.8 Å². The maximum absolute atomic E-state index is 11.9. The van der Waals surface area contributed by atoms with Crippen LogP contribution in [0.15, 0.2) is 0 Å². The van der Waals surface area contributed by atoms with Gasteiger partial charge in [0.15, 0.2) is 9.84 Å². The molecule has 0 radical (unpaired) electrons. The van der Waals surface area contributed by atoms with E-state index in [-0.39, 0.29) is 17.0 Å². The van der Waals surface area contributed by atoms with Crippen LogP contribution in [-0.2, 0) is 14.6 Å². The Morgan fingerprint density at radius 2 is 2.00 bits per heavy atom. The van der Waals surface area contributed by atoms with Crippen LogP contribution in [0.1, 0.15) is 32.1 Å². The first-order chi connectivity index (χ1) is 7.08. The standard InChI is InChI=1S/C10H21NO3S/c1-14-7-4-8-15(12,13)10-6-3-2-5-9(10)11/h9-10H,2-8,11H2,1H3. The van der Waals surface area contributed by atoms with Gasteiger partial charge in [0.1, 0.15) is 0 Å². The van der Waals surface area contributed by atoms with Crippen LogP contribution < -0.4 is 5.73 Å². The zero-order valence-electron chi connectivity index (χ0n) is 9.31. The van der Waals surface area contributed by atoms with Crippen molar-refractivity contribution in [3.63, 3.8) is 0 Å². The van der Waals surface area contributed by atoms with E-state index in [1.807, 2.05) is 0 Å². The smallest absolute Gasteiger partial charge is 0.154 e. The third kappa shape index (κ3) is 3.74. The molecule has 4 nitrogen and oxygen atoms in total. The number of methoxy groups -OCH3 is 1. The van der Waals surface area contributed by atoms with E-state index in [4.69, 9.17) is 10.5 Å². The van der Waals surface area contributed by atoms with Crippen molar-refractivity contribution < 1.29 is 13.2 Å². The quantitative estimate of drug-likeness (QED) is 0.712. The van der Waals surface area contributed by atoms with Crippen molar-refractivity contribution in [3.05, 3.63) is 0 Å². The Kier molecular flexibility index (Phi) is 5.02. The van der Waals surface area contributed by atoms with E-state index in [1.165, 1.54) is 0 Å². The van der Waals surface area contributed by atoms with Crippen molar-refractivity contribution >= 4 is 9.84 Å².